The largest absolute Gasteiger partial charge is 0.389 e. The highest BCUT2D eigenvalue weighted by molar-refractivity contribution is 5.76. The van der Waals surface area contributed by atoms with Crippen molar-refractivity contribution in [2.75, 3.05) is 19.8 Å². The van der Waals surface area contributed by atoms with Crippen molar-refractivity contribution in [3.05, 3.63) is 71.0 Å². The van der Waals surface area contributed by atoms with E-state index in [-0.39, 0.29) is 68.3 Å². The molecule has 0 aliphatic carbocycles. The Morgan fingerprint density at radius 1 is 1.06 bits per heavy atom. The van der Waals surface area contributed by atoms with E-state index in [4.69, 9.17) is 9.47 Å². The average molecular weight is 479 g/mol. The van der Waals surface area contributed by atoms with E-state index >= 15 is 0 Å². The number of nitrogens with zero attached hydrogens (tertiary/aromatic N) is 1. The van der Waals surface area contributed by atoms with Crippen molar-refractivity contribution < 1.29 is 32.5 Å². The molecule has 0 unspecified atom stereocenters. The van der Waals surface area contributed by atoms with Gasteiger partial charge in [-0.1, -0.05) is 12.1 Å². The predicted molar refractivity (Wildman–Crippen MR) is 118 cm³/mol. The van der Waals surface area contributed by atoms with Crippen molar-refractivity contribution in [2.24, 2.45) is 0 Å². The van der Waals surface area contributed by atoms with Crippen LogP contribution < -0.4 is 5.32 Å². The minimum Gasteiger partial charge on any atom is -0.389 e. The SMILES string of the molecule is O=C(C[C@H]1CC[C@@H]2[C@H](COC[C@@H](O)CN2Cc2cc(F)ccc2F)O1)NCc1ccc(F)cc1. The molecule has 2 heterocycles. The standard InChI is InChI=1S/C25H29F3N2O4/c26-18-3-1-16(2-4-18)11-29-25(32)10-21-6-8-23-24(34-21)15-33-14-20(31)13-30(23)12-17-9-19(27)5-7-22(17)28/h1-5,7,9,20-21,23-24,31H,6,8,10-15H2,(H,29,32)/t20-,21+,23+,24-/m0/s1. The Morgan fingerprint density at radius 3 is 2.62 bits per heavy atom. The van der Waals surface area contributed by atoms with Gasteiger partial charge in [0.05, 0.1) is 37.9 Å². The highest BCUT2D eigenvalue weighted by atomic mass is 19.1. The molecule has 2 aliphatic heterocycles. The smallest absolute Gasteiger partial charge is 0.222 e. The van der Waals surface area contributed by atoms with Crippen LogP contribution >= 0.6 is 0 Å². The summed E-state index contributed by atoms with van der Waals surface area (Å²) in [6, 6.07) is 9.11. The number of halogens is 3. The van der Waals surface area contributed by atoms with Crippen molar-refractivity contribution in [1.29, 1.82) is 0 Å². The summed E-state index contributed by atoms with van der Waals surface area (Å²) in [5.41, 5.74) is 1.02. The average Bonchev–Trinajstić information content (AvgIpc) is 2.80. The lowest BCUT2D eigenvalue weighted by Crippen LogP contribution is -2.55. The molecule has 0 saturated carbocycles. The van der Waals surface area contributed by atoms with Gasteiger partial charge in [0.1, 0.15) is 17.5 Å². The molecular weight excluding hydrogens is 449 g/mol. The molecule has 6 nitrogen and oxygen atoms in total. The minimum absolute atomic E-state index is 0.109. The molecular formula is C25H29F3N2O4. The van der Waals surface area contributed by atoms with Crippen LogP contribution in [0.2, 0.25) is 0 Å². The van der Waals surface area contributed by atoms with Gasteiger partial charge in [0.25, 0.3) is 0 Å². The number of rotatable bonds is 6. The van der Waals surface area contributed by atoms with Gasteiger partial charge in [0.2, 0.25) is 5.91 Å². The number of hydrogen-bond donors (Lipinski definition) is 2. The summed E-state index contributed by atoms with van der Waals surface area (Å²) in [5, 5.41) is 13.1. The van der Waals surface area contributed by atoms with Crippen LogP contribution in [0.3, 0.4) is 0 Å². The predicted octanol–water partition coefficient (Wildman–Crippen LogP) is 2.92. The summed E-state index contributed by atoms with van der Waals surface area (Å²) in [4.78, 5) is 14.4. The fourth-order valence-electron chi connectivity index (χ4n) is 4.59. The van der Waals surface area contributed by atoms with Gasteiger partial charge in [-0.3, -0.25) is 9.69 Å². The number of benzene rings is 2. The third kappa shape index (κ3) is 6.56. The van der Waals surface area contributed by atoms with Crippen molar-refractivity contribution in [3.63, 3.8) is 0 Å². The van der Waals surface area contributed by atoms with Crippen molar-refractivity contribution >= 4 is 5.91 Å². The molecule has 4 atom stereocenters. The molecule has 0 aromatic heterocycles. The number of amides is 1. The lowest BCUT2D eigenvalue weighted by molar-refractivity contribution is -0.158. The Kier molecular flexibility index (Phi) is 8.20. The van der Waals surface area contributed by atoms with Crippen molar-refractivity contribution in [3.8, 4) is 0 Å². The summed E-state index contributed by atoms with van der Waals surface area (Å²) < 4.78 is 52.8. The van der Waals surface area contributed by atoms with Crippen LogP contribution in [0, 0.1) is 17.5 Å². The number of β-amino-alcohol motifs (C(OH)–C–C–N with tert-alkyl or cyclic N) is 1. The van der Waals surface area contributed by atoms with Gasteiger partial charge in [-0.05, 0) is 48.7 Å². The number of hydrogen-bond acceptors (Lipinski definition) is 5. The molecule has 0 radical (unpaired) electrons. The number of carbonyl (C=O) groups is 1. The summed E-state index contributed by atoms with van der Waals surface area (Å²) in [6.07, 6.45) is -0.00169. The minimum atomic E-state index is -0.757. The number of aliphatic hydroxyl groups is 1. The van der Waals surface area contributed by atoms with E-state index in [0.717, 1.165) is 17.7 Å². The molecule has 184 valence electrons. The summed E-state index contributed by atoms with van der Waals surface area (Å²) in [6.45, 7) is 1.01. The fraction of sp³-hybridized carbons (Fsp3) is 0.480. The Labute approximate surface area is 196 Å². The first-order valence-electron chi connectivity index (χ1n) is 11.5. The molecule has 1 amide bonds. The van der Waals surface area contributed by atoms with E-state index < -0.39 is 17.7 Å². The van der Waals surface area contributed by atoms with Gasteiger partial charge in [-0.25, -0.2) is 13.2 Å². The van der Waals surface area contributed by atoms with E-state index in [1.807, 2.05) is 4.90 Å². The van der Waals surface area contributed by atoms with E-state index in [0.29, 0.717) is 19.4 Å². The Balaban J connectivity index is 1.36. The van der Waals surface area contributed by atoms with Crippen LogP contribution in [0.25, 0.3) is 0 Å². The second-order valence-corrected chi connectivity index (χ2v) is 8.91. The highest BCUT2D eigenvalue weighted by Gasteiger charge is 2.38. The molecule has 9 heteroatoms. The Hall–Kier alpha value is -2.46. The molecule has 2 N–H and O–H groups in total. The van der Waals surface area contributed by atoms with Gasteiger partial charge in [-0.2, -0.15) is 0 Å². The molecule has 34 heavy (non-hydrogen) atoms. The first-order chi connectivity index (χ1) is 16.4. The van der Waals surface area contributed by atoms with Gasteiger partial charge in [0, 0.05) is 31.2 Å². The molecule has 2 fully saturated rings. The number of nitrogens with one attached hydrogen (secondary N) is 1. The van der Waals surface area contributed by atoms with Gasteiger partial charge >= 0.3 is 0 Å². The normalized spacial score (nSPS) is 25.8. The molecule has 2 saturated heterocycles. The molecule has 0 spiro atoms. The van der Waals surface area contributed by atoms with E-state index in [9.17, 15) is 23.1 Å². The number of carbonyl (C=O) groups excluding carboxylic acids is 1. The highest BCUT2D eigenvalue weighted by Crippen LogP contribution is 2.29. The monoisotopic (exact) mass is 478 g/mol. The van der Waals surface area contributed by atoms with Crippen LogP contribution in [0.15, 0.2) is 42.5 Å². The molecule has 2 aliphatic rings. The molecule has 4 rings (SSSR count). The van der Waals surface area contributed by atoms with Gasteiger partial charge in [0.15, 0.2) is 0 Å². The van der Waals surface area contributed by atoms with Crippen molar-refractivity contribution in [1.82, 2.24) is 10.2 Å². The summed E-state index contributed by atoms with van der Waals surface area (Å²) in [7, 11) is 0. The number of fused-ring (bicyclic) bond motifs is 1. The quantitative estimate of drug-likeness (QED) is 0.668. The van der Waals surface area contributed by atoms with Crippen LogP contribution in [-0.2, 0) is 27.4 Å². The van der Waals surface area contributed by atoms with Crippen LogP contribution in [0.5, 0.6) is 0 Å². The zero-order valence-electron chi connectivity index (χ0n) is 18.8. The van der Waals surface area contributed by atoms with Crippen LogP contribution in [0.4, 0.5) is 13.2 Å². The molecule has 2 aromatic carbocycles. The number of aliphatic hydroxyl groups excluding tert-OH is 1. The third-order valence-corrected chi connectivity index (χ3v) is 6.28. The van der Waals surface area contributed by atoms with E-state index in [1.165, 1.54) is 18.2 Å². The maximum Gasteiger partial charge on any atom is 0.222 e. The Bertz CT molecular complexity index is 975. The first-order valence-corrected chi connectivity index (χ1v) is 11.5. The summed E-state index contributed by atoms with van der Waals surface area (Å²) >= 11 is 0. The lowest BCUT2D eigenvalue weighted by atomic mass is 9.94. The first kappa shape index (κ1) is 24.7. The summed E-state index contributed by atoms with van der Waals surface area (Å²) in [5.74, 6) is -1.52. The number of ether oxygens (including phenoxy) is 2. The Morgan fingerprint density at radius 2 is 1.82 bits per heavy atom. The lowest BCUT2D eigenvalue weighted by Gasteiger charge is -2.44. The maximum absolute atomic E-state index is 14.3. The van der Waals surface area contributed by atoms with Crippen LogP contribution in [0.1, 0.15) is 30.4 Å². The molecule has 2 aromatic rings. The zero-order chi connectivity index (χ0) is 24.1. The van der Waals surface area contributed by atoms with E-state index in [1.54, 1.807) is 12.1 Å². The van der Waals surface area contributed by atoms with E-state index in [2.05, 4.69) is 5.32 Å². The second-order valence-electron chi connectivity index (χ2n) is 8.91. The molecule has 0 bridgehead atoms. The van der Waals surface area contributed by atoms with Gasteiger partial charge in [-0.15, -0.1) is 0 Å². The van der Waals surface area contributed by atoms with Crippen molar-refractivity contribution in [2.45, 2.75) is 56.7 Å². The van der Waals surface area contributed by atoms with Gasteiger partial charge < -0.3 is 19.9 Å². The maximum atomic E-state index is 14.3. The third-order valence-electron chi connectivity index (χ3n) is 6.28. The fourth-order valence-corrected chi connectivity index (χ4v) is 4.59. The second kappa shape index (κ2) is 11.3. The topological polar surface area (TPSA) is 71.0 Å². The van der Waals surface area contributed by atoms with Crippen LogP contribution in [-0.4, -0.2) is 60.0 Å². The zero-order valence-corrected chi connectivity index (χ0v) is 18.8.